The third-order valence-electron chi connectivity index (χ3n) is 10.2. The van der Waals surface area contributed by atoms with E-state index in [0.29, 0.717) is 18.4 Å². The molecule has 2 saturated heterocycles. The number of ether oxygens (including phenoxy) is 3. The van der Waals surface area contributed by atoms with E-state index in [4.69, 9.17) is 23.9 Å². The predicted molar refractivity (Wildman–Crippen MR) is 122 cm³/mol. The van der Waals surface area contributed by atoms with Crippen molar-refractivity contribution in [1.29, 1.82) is 0 Å². The molecular formula is C26H43NO6. The fourth-order valence-corrected chi connectivity index (χ4v) is 7.76. The molecule has 0 aromatic heterocycles. The Kier molecular flexibility index (Phi) is 5.55. The molecule has 5 fully saturated rings. The van der Waals surface area contributed by atoms with E-state index < -0.39 is 12.4 Å². The zero-order valence-electron chi connectivity index (χ0n) is 21.7. The van der Waals surface area contributed by atoms with Crippen molar-refractivity contribution in [3.63, 3.8) is 0 Å². The Morgan fingerprint density at radius 2 is 1.79 bits per heavy atom. The van der Waals surface area contributed by atoms with E-state index in [1.807, 2.05) is 0 Å². The van der Waals surface area contributed by atoms with Gasteiger partial charge in [0.2, 0.25) is 0 Å². The summed E-state index contributed by atoms with van der Waals surface area (Å²) >= 11 is 0. The van der Waals surface area contributed by atoms with Crippen LogP contribution < -0.4 is 0 Å². The second-order valence-corrected chi connectivity index (χ2v) is 13.4. The van der Waals surface area contributed by atoms with Gasteiger partial charge in [-0.1, -0.05) is 46.8 Å². The minimum atomic E-state index is -0.605. The Labute approximate surface area is 198 Å². The zero-order chi connectivity index (χ0) is 24.0. The van der Waals surface area contributed by atoms with Crippen molar-refractivity contribution >= 4 is 5.97 Å². The summed E-state index contributed by atoms with van der Waals surface area (Å²) in [5.74, 6) is 0.546. The van der Waals surface area contributed by atoms with Gasteiger partial charge in [0, 0.05) is 17.8 Å². The van der Waals surface area contributed by atoms with Crippen LogP contribution in [0.4, 0.5) is 0 Å². The highest BCUT2D eigenvalue weighted by molar-refractivity contribution is 5.75. The lowest BCUT2D eigenvalue weighted by Crippen LogP contribution is -2.55. The molecule has 0 spiro atoms. The standard InChI is InChI=1S/C26H43NO6/c1-23(2,3)14-30-21-19(16-11-12-25(21,6)24(16,4)5)31-18-13-15-9-10-17-20(22(28)29-8)33-27(32-18)26(15,17)7/h15-21H,9-14H2,1-8H3/t15-,16+,17+,18+,19+,20-,21+,25-,26+/m0/s1. The van der Waals surface area contributed by atoms with E-state index in [0.717, 1.165) is 25.7 Å². The van der Waals surface area contributed by atoms with Crippen molar-refractivity contribution in [3.8, 4) is 0 Å². The second-order valence-electron chi connectivity index (χ2n) is 13.4. The average molecular weight is 466 g/mol. The summed E-state index contributed by atoms with van der Waals surface area (Å²) in [6, 6.07) is 0. The van der Waals surface area contributed by atoms with Crippen LogP contribution >= 0.6 is 0 Å². The third-order valence-corrected chi connectivity index (χ3v) is 10.2. The van der Waals surface area contributed by atoms with Gasteiger partial charge in [-0.25, -0.2) is 9.63 Å². The van der Waals surface area contributed by atoms with Crippen LogP contribution in [0.3, 0.4) is 0 Å². The first kappa shape index (κ1) is 24.0. The van der Waals surface area contributed by atoms with Crippen molar-refractivity contribution in [3.05, 3.63) is 0 Å². The average Bonchev–Trinajstić information content (AvgIpc) is 3.34. The molecule has 9 atom stereocenters. The molecule has 2 aliphatic heterocycles. The van der Waals surface area contributed by atoms with Crippen LogP contribution in [0.2, 0.25) is 0 Å². The molecule has 2 heterocycles. The Morgan fingerprint density at radius 3 is 2.45 bits per heavy atom. The maximum absolute atomic E-state index is 12.4. The van der Waals surface area contributed by atoms with Crippen LogP contribution in [-0.2, 0) is 28.7 Å². The van der Waals surface area contributed by atoms with Crippen LogP contribution in [0.25, 0.3) is 0 Å². The topological polar surface area (TPSA) is 66.5 Å². The Bertz CT molecular complexity index is 794. The molecular weight excluding hydrogens is 422 g/mol. The van der Waals surface area contributed by atoms with Gasteiger partial charge in [-0.2, -0.15) is 0 Å². The number of fused-ring (bicyclic) bond motifs is 2. The molecule has 5 aliphatic rings. The summed E-state index contributed by atoms with van der Waals surface area (Å²) in [4.78, 5) is 24.7. The van der Waals surface area contributed by atoms with Crippen molar-refractivity contribution < 1.29 is 28.7 Å². The Morgan fingerprint density at radius 1 is 1.06 bits per heavy atom. The summed E-state index contributed by atoms with van der Waals surface area (Å²) in [6.07, 6.45) is 4.14. The number of carbonyl (C=O) groups is 1. The molecule has 0 aromatic rings. The van der Waals surface area contributed by atoms with Gasteiger partial charge in [-0.05, 0) is 55.3 Å². The van der Waals surface area contributed by atoms with Gasteiger partial charge >= 0.3 is 5.97 Å². The van der Waals surface area contributed by atoms with Gasteiger partial charge < -0.3 is 14.2 Å². The smallest absolute Gasteiger partial charge is 0.337 e. The second kappa shape index (κ2) is 7.63. The fourth-order valence-electron chi connectivity index (χ4n) is 7.76. The van der Waals surface area contributed by atoms with E-state index in [9.17, 15) is 4.79 Å². The predicted octanol–water partition coefficient (Wildman–Crippen LogP) is 4.49. The van der Waals surface area contributed by atoms with Crippen molar-refractivity contribution in [1.82, 2.24) is 5.23 Å². The first-order chi connectivity index (χ1) is 15.3. The molecule has 5 rings (SSSR count). The van der Waals surface area contributed by atoms with Crippen LogP contribution in [0.15, 0.2) is 0 Å². The lowest BCUT2D eigenvalue weighted by Gasteiger charge is -2.46. The van der Waals surface area contributed by atoms with Gasteiger partial charge in [0.1, 0.15) is 0 Å². The van der Waals surface area contributed by atoms with E-state index in [2.05, 4.69) is 48.5 Å². The quantitative estimate of drug-likeness (QED) is 0.554. The highest BCUT2D eigenvalue weighted by Crippen LogP contribution is 2.67. The number of hydrogen-bond donors (Lipinski definition) is 0. The van der Waals surface area contributed by atoms with E-state index in [-0.39, 0.29) is 45.9 Å². The zero-order valence-corrected chi connectivity index (χ0v) is 21.7. The first-order valence-corrected chi connectivity index (χ1v) is 12.8. The molecule has 188 valence electrons. The summed E-state index contributed by atoms with van der Waals surface area (Å²) in [5.41, 5.74) is -0.000703. The van der Waals surface area contributed by atoms with E-state index in [1.54, 1.807) is 5.23 Å². The summed E-state index contributed by atoms with van der Waals surface area (Å²) in [7, 11) is 1.42. The van der Waals surface area contributed by atoms with E-state index >= 15 is 0 Å². The largest absolute Gasteiger partial charge is 0.467 e. The third kappa shape index (κ3) is 3.36. The molecule has 7 heteroatoms. The summed E-state index contributed by atoms with van der Waals surface area (Å²) in [6.45, 7) is 16.7. The number of carbonyl (C=O) groups excluding carboxylic acids is 1. The lowest BCUT2D eigenvalue weighted by atomic mass is 9.70. The van der Waals surface area contributed by atoms with Gasteiger partial charge in [0.05, 0.1) is 31.5 Å². The minimum Gasteiger partial charge on any atom is -0.467 e. The van der Waals surface area contributed by atoms with Crippen molar-refractivity contribution in [2.75, 3.05) is 13.7 Å². The minimum absolute atomic E-state index is 0.00772. The summed E-state index contributed by atoms with van der Waals surface area (Å²) < 4.78 is 18.5. The Balaban J connectivity index is 1.35. The van der Waals surface area contributed by atoms with Crippen LogP contribution in [0, 0.1) is 34.0 Å². The maximum atomic E-state index is 12.4. The number of hydroxylamine groups is 2. The monoisotopic (exact) mass is 465 g/mol. The molecule has 0 radical (unpaired) electrons. The first-order valence-electron chi connectivity index (χ1n) is 12.8. The van der Waals surface area contributed by atoms with E-state index in [1.165, 1.54) is 13.5 Å². The molecule has 0 unspecified atom stereocenters. The van der Waals surface area contributed by atoms with Gasteiger partial charge in [0.15, 0.2) is 12.4 Å². The molecule has 33 heavy (non-hydrogen) atoms. The number of esters is 1. The SMILES string of the molecule is COC(=O)[C@H]1ON2O[C@@H](O[C@@H]3[C@H]4CC[C@@](C)([C@@H]3OCC(C)(C)C)C4(C)C)C[C@@H]3CC[C@H]1[C@@]32C. The fraction of sp³-hybridized carbons (Fsp3) is 0.962. The normalized spacial score (nSPS) is 48.3. The number of rotatable bonds is 5. The van der Waals surface area contributed by atoms with Crippen molar-refractivity contribution in [2.45, 2.75) is 111 Å². The Hall–Kier alpha value is -0.730. The van der Waals surface area contributed by atoms with Crippen LogP contribution in [0.5, 0.6) is 0 Å². The molecule has 3 saturated carbocycles. The highest BCUT2D eigenvalue weighted by Gasteiger charge is 2.69. The van der Waals surface area contributed by atoms with Crippen LogP contribution in [0.1, 0.15) is 80.6 Å². The number of methoxy groups -OCH3 is 1. The summed E-state index contributed by atoms with van der Waals surface area (Å²) in [5, 5.41) is 1.59. The molecule has 0 amide bonds. The van der Waals surface area contributed by atoms with Crippen LogP contribution in [-0.4, -0.2) is 55.1 Å². The number of hydrogen-bond acceptors (Lipinski definition) is 7. The van der Waals surface area contributed by atoms with Gasteiger partial charge in [-0.15, -0.1) is 0 Å². The van der Waals surface area contributed by atoms with Gasteiger partial charge in [0.25, 0.3) is 0 Å². The van der Waals surface area contributed by atoms with Crippen molar-refractivity contribution in [2.24, 2.45) is 34.0 Å². The van der Waals surface area contributed by atoms with Gasteiger partial charge in [-0.3, -0.25) is 4.84 Å². The molecule has 7 nitrogen and oxygen atoms in total. The lowest BCUT2D eigenvalue weighted by molar-refractivity contribution is -0.464. The highest BCUT2D eigenvalue weighted by atomic mass is 17.0. The molecule has 3 aliphatic carbocycles. The molecule has 0 N–H and O–H groups in total. The maximum Gasteiger partial charge on any atom is 0.337 e. The number of nitrogens with zero attached hydrogens (tertiary/aromatic N) is 1. The molecule has 2 bridgehead atoms. The molecule has 0 aromatic carbocycles.